The monoisotopic (exact) mass is 230 g/mol. The summed E-state index contributed by atoms with van der Waals surface area (Å²) in [5.41, 5.74) is 0.932. The molecule has 0 amide bonds. The van der Waals surface area contributed by atoms with Crippen molar-refractivity contribution in [2.45, 2.75) is 10.8 Å². The summed E-state index contributed by atoms with van der Waals surface area (Å²) in [5.74, 6) is 0.683. The van der Waals surface area contributed by atoms with Crippen molar-refractivity contribution in [3.05, 3.63) is 23.1 Å². The van der Waals surface area contributed by atoms with Gasteiger partial charge in [-0.25, -0.2) is 0 Å². The Balaban J connectivity index is 2.79. The lowest BCUT2D eigenvalue weighted by Gasteiger charge is -1.99. The number of alkyl halides is 1. The van der Waals surface area contributed by atoms with Crippen molar-refractivity contribution in [2.24, 2.45) is 0 Å². The number of thiol groups is 1. The second-order valence-electron chi connectivity index (χ2n) is 2.74. The summed E-state index contributed by atoms with van der Waals surface area (Å²) >= 11 is 11.5. The summed E-state index contributed by atoms with van der Waals surface area (Å²) in [6, 6.07) is 3.66. The topological polar surface area (TPSA) is 20.2 Å². The van der Waals surface area contributed by atoms with Gasteiger partial charge < -0.3 is 5.11 Å². The second kappa shape index (κ2) is 3.40. The molecule has 0 unspecified atom stereocenters. The first-order valence-electron chi connectivity index (χ1n) is 3.70. The van der Waals surface area contributed by atoms with Gasteiger partial charge in [0.25, 0.3) is 0 Å². The molecule has 0 radical (unpaired) electrons. The molecule has 0 saturated heterocycles. The molecule has 2 aromatic rings. The maximum absolute atomic E-state index is 9.65. The van der Waals surface area contributed by atoms with E-state index in [4.69, 9.17) is 11.6 Å². The summed E-state index contributed by atoms with van der Waals surface area (Å²) in [6.07, 6.45) is 0. The Morgan fingerprint density at radius 2 is 2.23 bits per heavy atom. The van der Waals surface area contributed by atoms with Gasteiger partial charge in [-0.15, -0.1) is 35.6 Å². The number of halogens is 1. The number of rotatable bonds is 1. The Bertz CT molecular complexity index is 450. The molecule has 0 aliphatic heterocycles. The van der Waals surface area contributed by atoms with Gasteiger partial charge in [0.1, 0.15) is 5.75 Å². The van der Waals surface area contributed by atoms with Crippen LogP contribution < -0.4 is 0 Å². The number of hydrogen-bond donors (Lipinski definition) is 2. The van der Waals surface area contributed by atoms with Crippen molar-refractivity contribution in [2.75, 3.05) is 0 Å². The van der Waals surface area contributed by atoms with Crippen molar-refractivity contribution in [1.29, 1.82) is 0 Å². The molecule has 2 rings (SSSR count). The van der Waals surface area contributed by atoms with Crippen molar-refractivity contribution < 1.29 is 5.11 Å². The van der Waals surface area contributed by atoms with Crippen LogP contribution in [0.25, 0.3) is 10.1 Å². The van der Waals surface area contributed by atoms with Crippen LogP contribution in [0, 0.1) is 0 Å². The molecule has 1 nitrogen and oxygen atoms in total. The van der Waals surface area contributed by atoms with Gasteiger partial charge in [0.2, 0.25) is 0 Å². The molecule has 1 heterocycles. The predicted molar refractivity (Wildman–Crippen MR) is 60.3 cm³/mol. The third kappa shape index (κ3) is 1.52. The lowest BCUT2D eigenvalue weighted by molar-refractivity contribution is 0.480. The van der Waals surface area contributed by atoms with Crippen LogP contribution in [-0.4, -0.2) is 5.11 Å². The number of fused-ring (bicyclic) bond motifs is 1. The Morgan fingerprint density at radius 3 is 2.92 bits per heavy atom. The second-order valence-corrected chi connectivity index (χ2v) is 4.40. The van der Waals surface area contributed by atoms with Crippen molar-refractivity contribution in [3.8, 4) is 5.75 Å². The molecule has 0 aliphatic carbocycles. The maximum atomic E-state index is 9.65. The van der Waals surface area contributed by atoms with Crippen LogP contribution >= 0.6 is 35.6 Å². The van der Waals surface area contributed by atoms with Gasteiger partial charge in [-0.2, -0.15) is 0 Å². The molecule has 0 fully saturated rings. The van der Waals surface area contributed by atoms with Crippen LogP contribution in [0.15, 0.2) is 22.4 Å². The average Bonchev–Trinajstić information content (AvgIpc) is 2.48. The van der Waals surface area contributed by atoms with E-state index in [-0.39, 0.29) is 5.75 Å². The molecular weight excluding hydrogens is 224 g/mol. The molecule has 68 valence electrons. The van der Waals surface area contributed by atoms with Crippen molar-refractivity contribution in [1.82, 2.24) is 0 Å². The number of aromatic hydroxyl groups is 1. The van der Waals surface area contributed by atoms with Crippen LogP contribution in [-0.2, 0) is 5.88 Å². The van der Waals surface area contributed by atoms with Crippen LogP contribution in [0.3, 0.4) is 0 Å². The summed E-state index contributed by atoms with van der Waals surface area (Å²) in [5, 5.41) is 12.4. The van der Waals surface area contributed by atoms with Gasteiger partial charge in [0.05, 0.1) is 0 Å². The Hall–Kier alpha value is -0.380. The standard InChI is InChI=1S/C9H7ClOS2/c10-3-5-1-6(11)9-7(12)4-13-8(9)2-5/h1-2,4,11-12H,3H2. The van der Waals surface area contributed by atoms with E-state index in [1.54, 1.807) is 17.4 Å². The highest BCUT2D eigenvalue weighted by molar-refractivity contribution is 7.80. The number of hydrogen-bond acceptors (Lipinski definition) is 3. The number of phenolic OH excluding ortho intramolecular Hbond substituents is 1. The van der Waals surface area contributed by atoms with E-state index in [1.807, 2.05) is 11.4 Å². The highest BCUT2D eigenvalue weighted by atomic mass is 35.5. The fraction of sp³-hybridized carbons (Fsp3) is 0.111. The van der Waals surface area contributed by atoms with Crippen molar-refractivity contribution >= 4 is 45.7 Å². The van der Waals surface area contributed by atoms with E-state index in [2.05, 4.69) is 12.6 Å². The lowest BCUT2D eigenvalue weighted by atomic mass is 10.2. The number of phenols is 1. The normalized spacial score (nSPS) is 10.9. The first-order valence-corrected chi connectivity index (χ1v) is 5.56. The van der Waals surface area contributed by atoms with Crippen molar-refractivity contribution in [3.63, 3.8) is 0 Å². The van der Waals surface area contributed by atoms with E-state index in [0.29, 0.717) is 5.88 Å². The summed E-state index contributed by atoms with van der Waals surface area (Å²) in [6.45, 7) is 0. The average molecular weight is 231 g/mol. The SMILES string of the molecule is Oc1cc(CCl)cc2scc(S)c12. The van der Waals surface area contributed by atoms with E-state index in [0.717, 1.165) is 20.5 Å². The molecule has 1 N–H and O–H groups in total. The predicted octanol–water partition coefficient (Wildman–Crippen LogP) is 3.63. The summed E-state index contributed by atoms with van der Waals surface area (Å²) < 4.78 is 1.03. The first-order chi connectivity index (χ1) is 6.22. The largest absolute Gasteiger partial charge is 0.507 e. The minimum Gasteiger partial charge on any atom is -0.507 e. The molecule has 1 aromatic heterocycles. The van der Waals surface area contributed by atoms with Crippen LogP contribution in [0.2, 0.25) is 0 Å². The van der Waals surface area contributed by atoms with Crippen LogP contribution in [0.4, 0.5) is 0 Å². The van der Waals surface area contributed by atoms with Crippen LogP contribution in [0.5, 0.6) is 5.75 Å². The fourth-order valence-corrected chi connectivity index (χ4v) is 2.79. The molecule has 0 bridgehead atoms. The molecule has 13 heavy (non-hydrogen) atoms. The quantitative estimate of drug-likeness (QED) is 0.566. The molecule has 1 aromatic carbocycles. The van der Waals surface area contributed by atoms with Gasteiger partial charge in [-0.05, 0) is 17.7 Å². The first kappa shape index (κ1) is 9.19. The lowest BCUT2D eigenvalue weighted by Crippen LogP contribution is -1.77. The fourth-order valence-electron chi connectivity index (χ4n) is 1.26. The Morgan fingerprint density at radius 1 is 1.46 bits per heavy atom. The summed E-state index contributed by atoms with van der Waals surface area (Å²) in [7, 11) is 0. The van der Waals surface area contributed by atoms with E-state index < -0.39 is 0 Å². The molecule has 0 atom stereocenters. The zero-order valence-electron chi connectivity index (χ0n) is 6.62. The highest BCUT2D eigenvalue weighted by Crippen LogP contribution is 2.36. The third-order valence-corrected chi connectivity index (χ3v) is 3.61. The molecular formula is C9H7ClOS2. The molecule has 4 heteroatoms. The zero-order chi connectivity index (χ0) is 9.42. The summed E-state index contributed by atoms with van der Waals surface area (Å²) in [4.78, 5) is 0.818. The zero-order valence-corrected chi connectivity index (χ0v) is 9.09. The van der Waals surface area contributed by atoms with Gasteiger partial charge in [0, 0.05) is 26.2 Å². The third-order valence-electron chi connectivity index (χ3n) is 1.85. The van der Waals surface area contributed by atoms with E-state index in [9.17, 15) is 5.11 Å². The van der Waals surface area contributed by atoms with Gasteiger partial charge in [0.15, 0.2) is 0 Å². The Kier molecular flexibility index (Phi) is 2.41. The van der Waals surface area contributed by atoms with Gasteiger partial charge >= 0.3 is 0 Å². The van der Waals surface area contributed by atoms with Crippen LogP contribution in [0.1, 0.15) is 5.56 Å². The number of thiophene rings is 1. The van der Waals surface area contributed by atoms with E-state index in [1.165, 1.54) is 0 Å². The molecule has 0 saturated carbocycles. The molecule has 0 spiro atoms. The van der Waals surface area contributed by atoms with Gasteiger partial charge in [-0.3, -0.25) is 0 Å². The smallest absolute Gasteiger partial charge is 0.125 e. The Labute approximate surface area is 90.4 Å². The number of benzene rings is 1. The van der Waals surface area contributed by atoms with E-state index >= 15 is 0 Å². The van der Waals surface area contributed by atoms with Gasteiger partial charge in [-0.1, -0.05) is 0 Å². The minimum atomic E-state index is 0.263. The highest BCUT2D eigenvalue weighted by Gasteiger charge is 2.07. The maximum Gasteiger partial charge on any atom is 0.125 e. The molecule has 0 aliphatic rings. The minimum absolute atomic E-state index is 0.263.